The molecule has 0 bridgehead atoms. The molecule has 0 heterocycles. The van der Waals surface area contributed by atoms with Gasteiger partial charge in [-0.2, -0.15) is 0 Å². The molecular weight excluding hydrogens is 292 g/mol. The third kappa shape index (κ3) is 3.39. The molecule has 0 saturated carbocycles. The minimum Gasteiger partial charge on any atom is -0.321 e. The van der Waals surface area contributed by atoms with Gasteiger partial charge < -0.3 is 5.32 Å². The van der Waals surface area contributed by atoms with Gasteiger partial charge in [0.2, 0.25) is 0 Å². The highest BCUT2D eigenvalue weighted by Crippen LogP contribution is 2.27. The van der Waals surface area contributed by atoms with Gasteiger partial charge in [-0.05, 0) is 37.0 Å². The maximum Gasteiger partial charge on any atom is 0.285 e. The summed E-state index contributed by atoms with van der Waals surface area (Å²) in [4.78, 5) is 23.4. The van der Waals surface area contributed by atoms with E-state index in [0.717, 1.165) is 29.7 Å². The number of para-hydroxylation sites is 2. The number of carbonyl (C=O) groups is 1. The molecule has 23 heavy (non-hydrogen) atoms. The van der Waals surface area contributed by atoms with Crippen LogP contribution in [-0.4, -0.2) is 10.8 Å². The summed E-state index contributed by atoms with van der Waals surface area (Å²) in [5.41, 5.74) is 3.22. The number of nitro groups is 1. The highest BCUT2D eigenvalue weighted by atomic mass is 16.6. The average Bonchev–Trinajstić information content (AvgIpc) is 2.54. The van der Waals surface area contributed by atoms with Crippen LogP contribution in [0.4, 0.5) is 11.4 Å². The van der Waals surface area contributed by atoms with Crippen LogP contribution in [0.1, 0.15) is 40.9 Å². The zero-order valence-corrected chi connectivity index (χ0v) is 13.6. The number of hydrogen-bond donors (Lipinski definition) is 1. The van der Waals surface area contributed by atoms with E-state index in [4.69, 9.17) is 0 Å². The molecule has 0 radical (unpaired) electrons. The van der Waals surface area contributed by atoms with Crippen molar-refractivity contribution >= 4 is 17.3 Å². The SMILES string of the molecule is CCc1cccc(CC)c1NC(=O)c1cccc(C)c1[N+](=O)[O-]. The van der Waals surface area contributed by atoms with E-state index in [1.54, 1.807) is 19.1 Å². The largest absolute Gasteiger partial charge is 0.321 e. The van der Waals surface area contributed by atoms with Crippen molar-refractivity contribution in [1.82, 2.24) is 0 Å². The lowest BCUT2D eigenvalue weighted by atomic mass is 10.0. The fourth-order valence-electron chi connectivity index (χ4n) is 2.67. The second-order valence-corrected chi connectivity index (χ2v) is 5.34. The van der Waals surface area contributed by atoms with Crippen molar-refractivity contribution < 1.29 is 9.72 Å². The number of benzene rings is 2. The van der Waals surface area contributed by atoms with E-state index in [9.17, 15) is 14.9 Å². The zero-order chi connectivity index (χ0) is 17.0. The maximum absolute atomic E-state index is 12.6. The van der Waals surface area contributed by atoms with Crippen molar-refractivity contribution in [1.29, 1.82) is 0 Å². The van der Waals surface area contributed by atoms with Gasteiger partial charge in [-0.3, -0.25) is 14.9 Å². The van der Waals surface area contributed by atoms with Gasteiger partial charge in [-0.15, -0.1) is 0 Å². The fraction of sp³-hybridized carbons (Fsp3) is 0.278. The number of carbonyl (C=O) groups excluding carboxylic acids is 1. The van der Waals surface area contributed by atoms with Crippen LogP contribution in [0, 0.1) is 17.0 Å². The monoisotopic (exact) mass is 312 g/mol. The molecule has 2 rings (SSSR count). The molecule has 2 aromatic carbocycles. The molecule has 1 N–H and O–H groups in total. The van der Waals surface area contributed by atoms with Crippen LogP contribution in [0.3, 0.4) is 0 Å². The van der Waals surface area contributed by atoms with Crippen molar-refractivity contribution in [3.63, 3.8) is 0 Å². The summed E-state index contributed by atoms with van der Waals surface area (Å²) < 4.78 is 0. The number of nitro benzene ring substituents is 1. The van der Waals surface area contributed by atoms with Crippen LogP contribution in [0.15, 0.2) is 36.4 Å². The number of hydrogen-bond acceptors (Lipinski definition) is 3. The van der Waals surface area contributed by atoms with Crippen LogP contribution in [-0.2, 0) is 12.8 Å². The summed E-state index contributed by atoms with van der Waals surface area (Å²) >= 11 is 0. The average molecular weight is 312 g/mol. The van der Waals surface area contributed by atoms with Crippen molar-refractivity contribution in [2.24, 2.45) is 0 Å². The number of anilines is 1. The first-order valence-electron chi connectivity index (χ1n) is 7.65. The number of rotatable bonds is 5. The number of nitrogens with one attached hydrogen (secondary N) is 1. The Bertz CT molecular complexity index is 732. The summed E-state index contributed by atoms with van der Waals surface area (Å²) in [6, 6.07) is 10.7. The van der Waals surface area contributed by atoms with Gasteiger partial charge >= 0.3 is 0 Å². The molecule has 0 aliphatic heterocycles. The van der Waals surface area contributed by atoms with Crippen molar-refractivity contribution in [3.05, 3.63) is 68.8 Å². The van der Waals surface area contributed by atoms with Crippen LogP contribution < -0.4 is 5.32 Å². The van der Waals surface area contributed by atoms with E-state index in [0.29, 0.717) is 5.56 Å². The van der Waals surface area contributed by atoms with Gasteiger partial charge in [0.05, 0.1) is 4.92 Å². The number of amides is 1. The number of nitrogens with zero attached hydrogens (tertiary/aromatic N) is 1. The summed E-state index contributed by atoms with van der Waals surface area (Å²) in [6.45, 7) is 5.66. The smallest absolute Gasteiger partial charge is 0.285 e. The Hall–Kier alpha value is -2.69. The lowest BCUT2D eigenvalue weighted by Gasteiger charge is -2.14. The Morgan fingerprint density at radius 1 is 1.09 bits per heavy atom. The molecule has 2 aromatic rings. The Morgan fingerprint density at radius 3 is 2.17 bits per heavy atom. The molecule has 0 atom stereocenters. The van der Waals surface area contributed by atoms with E-state index < -0.39 is 10.8 Å². The first kappa shape index (κ1) is 16.7. The molecule has 5 nitrogen and oxygen atoms in total. The molecule has 0 spiro atoms. The third-order valence-electron chi connectivity index (χ3n) is 3.90. The summed E-state index contributed by atoms with van der Waals surface area (Å²) in [5.74, 6) is -0.448. The van der Waals surface area contributed by atoms with E-state index >= 15 is 0 Å². The summed E-state index contributed by atoms with van der Waals surface area (Å²) in [6.07, 6.45) is 1.55. The van der Waals surface area contributed by atoms with Gasteiger partial charge in [-0.1, -0.05) is 44.2 Å². The molecule has 120 valence electrons. The molecule has 0 aliphatic carbocycles. The number of aryl methyl sites for hydroxylation is 3. The second-order valence-electron chi connectivity index (χ2n) is 5.34. The minimum atomic E-state index is -0.503. The Morgan fingerprint density at radius 2 is 1.65 bits per heavy atom. The lowest BCUT2D eigenvalue weighted by Crippen LogP contribution is -2.17. The van der Waals surface area contributed by atoms with Gasteiger partial charge in [0.25, 0.3) is 11.6 Å². The van der Waals surface area contributed by atoms with Gasteiger partial charge in [0.15, 0.2) is 0 Å². The highest BCUT2D eigenvalue weighted by molar-refractivity contribution is 6.08. The topological polar surface area (TPSA) is 72.2 Å². The Labute approximate surface area is 135 Å². The first-order valence-corrected chi connectivity index (χ1v) is 7.65. The molecular formula is C18H20N2O3. The van der Waals surface area contributed by atoms with Crippen LogP contribution >= 0.6 is 0 Å². The van der Waals surface area contributed by atoms with Crippen LogP contribution in [0.5, 0.6) is 0 Å². The fourth-order valence-corrected chi connectivity index (χ4v) is 2.67. The van der Waals surface area contributed by atoms with E-state index in [1.807, 2.05) is 32.0 Å². The predicted octanol–water partition coefficient (Wildman–Crippen LogP) is 4.28. The Kier molecular flexibility index (Phi) is 5.11. The molecule has 0 unspecified atom stereocenters. The quantitative estimate of drug-likeness (QED) is 0.661. The van der Waals surface area contributed by atoms with Gasteiger partial charge in [0, 0.05) is 11.3 Å². The van der Waals surface area contributed by atoms with Crippen molar-refractivity contribution in [2.75, 3.05) is 5.32 Å². The van der Waals surface area contributed by atoms with E-state index in [1.165, 1.54) is 6.07 Å². The summed E-state index contributed by atoms with van der Waals surface area (Å²) in [5, 5.41) is 14.1. The molecule has 0 fully saturated rings. The van der Waals surface area contributed by atoms with Gasteiger partial charge in [0.1, 0.15) is 5.56 Å². The zero-order valence-electron chi connectivity index (χ0n) is 13.6. The second kappa shape index (κ2) is 7.05. The highest BCUT2D eigenvalue weighted by Gasteiger charge is 2.23. The Balaban J connectivity index is 2.45. The molecule has 0 aromatic heterocycles. The minimum absolute atomic E-state index is 0.0861. The summed E-state index contributed by atoms with van der Waals surface area (Å²) in [7, 11) is 0. The lowest BCUT2D eigenvalue weighted by molar-refractivity contribution is -0.385. The van der Waals surface area contributed by atoms with Crippen molar-refractivity contribution in [3.8, 4) is 0 Å². The molecule has 5 heteroatoms. The van der Waals surface area contributed by atoms with Gasteiger partial charge in [-0.25, -0.2) is 0 Å². The predicted molar refractivity (Wildman–Crippen MR) is 91.0 cm³/mol. The molecule has 0 aliphatic rings. The third-order valence-corrected chi connectivity index (χ3v) is 3.90. The molecule has 1 amide bonds. The van der Waals surface area contributed by atoms with E-state index in [-0.39, 0.29) is 11.3 Å². The molecule has 0 saturated heterocycles. The first-order chi connectivity index (χ1) is 11.0. The standard InChI is InChI=1S/C18H20N2O3/c1-4-13-9-7-10-14(5-2)16(13)19-18(21)15-11-6-8-12(3)17(15)20(22)23/h6-11H,4-5H2,1-3H3,(H,19,21). The normalized spacial score (nSPS) is 10.4. The van der Waals surface area contributed by atoms with Crippen LogP contribution in [0.2, 0.25) is 0 Å². The van der Waals surface area contributed by atoms with E-state index in [2.05, 4.69) is 5.32 Å². The maximum atomic E-state index is 12.6. The van der Waals surface area contributed by atoms with Crippen LogP contribution in [0.25, 0.3) is 0 Å². The van der Waals surface area contributed by atoms with Crippen molar-refractivity contribution in [2.45, 2.75) is 33.6 Å².